The SMILES string of the molecule is N#CC1CN1C(=O)OC1CCCC1. The molecule has 2 rings (SSSR count). The third-order valence-corrected chi connectivity index (χ3v) is 2.57. The fourth-order valence-electron chi connectivity index (χ4n) is 1.67. The van der Waals surface area contributed by atoms with Gasteiger partial charge in [-0.1, -0.05) is 0 Å². The smallest absolute Gasteiger partial charge is 0.411 e. The number of nitrogens with zero attached hydrogens (tertiary/aromatic N) is 2. The molecule has 70 valence electrons. The van der Waals surface area contributed by atoms with E-state index in [1.54, 1.807) is 0 Å². The molecular weight excluding hydrogens is 168 g/mol. The fourth-order valence-corrected chi connectivity index (χ4v) is 1.67. The summed E-state index contributed by atoms with van der Waals surface area (Å²) in [5.74, 6) is 0. The van der Waals surface area contributed by atoms with Crippen molar-refractivity contribution in [3.8, 4) is 6.07 Å². The first-order valence-electron chi connectivity index (χ1n) is 4.68. The minimum absolute atomic E-state index is 0.104. The maximum Gasteiger partial charge on any atom is 0.411 e. The van der Waals surface area contributed by atoms with E-state index in [-0.39, 0.29) is 18.2 Å². The Morgan fingerprint density at radius 2 is 2.15 bits per heavy atom. The lowest BCUT2D eigenvalue weighted by Gasteiger charge is -2.11. The molecule has 0 bridgehead atoms. The summed E-state index contributed by atoms with van der Waals surface area (Å²) in [6.07, 6.45) is 4.07. The molecule has 0 N–H and O–H groups in total. The van der Waals surface area contributed by atoms with Gasteiger partial charge in [0.2, 0.25) is 0 Å². The number of hydrogen-bond donors (Lipinski definition) is 0. The van der Waals surface area contributed by atoms with Crippen molar-refractivity contribution in [3.63, 3.8) is 0 Å². The predicted octanol–water partition coefficient (Wildman–Crippen LogP) is 1.27. The Labute approximate surface area is 77.1 Å². The van der Waals surface area contributed by atoms with Crippen LogP contribution in [0.25, 0.3) is 0 Å². The Balaban J connectivity index is 1.76. The van der Waals surface area contributed by atoms with Crippen LogP contribution in [0.3, 0.4) is 0 Å². The molecule has 0 spiro atoms. The summed E-state index contributed by atoms with van der Waals surface area (Å²) < 4.78 is 5.20. The molecule has 1 heterocycles. The van der Waals surface area contributed by atoms with Gasteiger partial charge in [-0.15, -0.1) is 0 Å². The largest absolute Gasteiger partial charge is 0.446 e. The first-order valence-corrected chi connectivity index (χ1v) is 4.68. The van der Waals surface area contributed by atoms with Gasteiger partial charge in [0.05, 0.1) is 12.6 Å². The maximum atomic E-state index is 11.3. The van der Waals surface area contributed by atoms with E-state index in [1.807, 2.05) is 6.07 Å². The second-order valence-electron chi connectivity index (χ2n) is 3.59. The second kappa shape index (κ2) is 3.25. The van der Waals surface area contributed by atoms with E-state index < -0.39 is 0 Å². The monoisotopic (exact) mass is 180 g/mol. The summed E-state index contributed by atoms with van der Waals surface area (Å²) in [5.41, 5.74) is 0. The first-order chi connectivity index (χ1) is 6.31. The van der Waals surface area contributed by atoms with Gasteiger partial charge < -0.3 is 4.74 Å². The number of carbonyl (C=O) groups is 1. The molecule has 0 aromatic rings. The average Bonchev–Trinajstić information content (AvgIpc) is 2.77. The van der Waals surface area contributed by atoms with Crippen LogP contribution in [0.5, 0.6) is 0 Å². The van der Waals surface area contributed by atoms with Crippen LogP contribution in [0.1, 0.15) is 25.7 Å². The highest BCUT2D eigenvalue weighted by Gasteiger charge is 2.40. The van der Waals surface area contributed by atoms with Crippen LogP contribution in [0.15, 0.2) is 0 Å². The van der Waals surface area contributed by atoms with E-state index in [1.165, 1.54) is 4.90 Å². The van der Waals surface area contributed by atoms with Crippen molar-refractivity contribution in [3.05, 3.63) is 0 Å². The van der Waals surface area contributed by atoms with Gasteiger partial charge in [-0.25, -0.2) is 4.79 Å². The lowest BCUT2D eigenvalue weighted by atomic mass is 10.3. The molecule has 0 aromatic heterocycles. The minimum Gasteiger partial charge on any atom is -0.446 e. The number of hydrogen-bond acceptors (Lipinski definition) is 3. The molecule has 2 aliphatic rings. The molecular formula is C9H12N2O2. The third kappa shape index (κ3) is 1.74. The van der Waals surface area contributed by atoms with Gasteiger partial charge >= 0.3 is 6.09 Å². The van der Waals surface area contributed by atoms with E-state index in [0.717, 1.165) is 25.7 Å². The van der Waals surface area contributed by atoms with E-state index in [0.29, 0.717) is 6.54 Å². The molecule has 1 unspecified atom stereocenters. The van der Waals surface area contributed by atoms with Crippen LogP contribution in [0.2, 0.25) is 0 Å². The highest BCUT2D eigenvalue weighted by Crippen LogP contribution is 2.24. The molecule has 1 saturated carbocycles. The molecule has 0 aromatic carbocycles. The molecule has 0 radical (unpaired) electrons. The summed E-state index contributed by atoms with van der Waals surface area (Å²) in [6, 6.07) is 1.79. The Morgan fingerprint density at radius 1 is 1.46 bits per heavy atom. The third-order valence-electron chi connectivity index (χ3n) is 2.57. The van der Waals surface area contributed by atoms with Gasteiger partial charge in [-0.3, -0.25) is 4.90 Å². The molecule has 13 heavy (non-hydrogen) atoms. The molecule has 2 fully saturated rings. The lowest BCUT2D eigenvalue weighted by molar-refractivity contribution is 0.0871. The van der Waals surface area contributed by atoms with Gasteiger partial charge in [-0.2, -0.15) is 5.26 Å². The zero-order valence-corrected chi connectivity index (χ0v) is 7.40. The van der Waals surface area contributed by atoms with Crippen LogP contribution in [0.4, 0.5) is 4.79 Å². The summed E-state index contributed by atoms with van der Waals surface area (Å²) in [4.78, 5) is 12.7. The summed E-state index contributed by atoms with van der Waals surface area (Å²) in [5, 5.41) is 8.49. The Morgan fingerprint density at radius 3 is 2.69 bits per heavy atom. The Hall–Kier alpha value is -1.24. The predicted molar refractivity (Wildman–Crippen MR) is 44.8 cm³/mol. The van der Waals surface area contributed by atoms with Crippen molar-refractivity contribution >= 4 is 6.09 Å². The zero-order valence-electron chi connectivity index (χ0n) is 7.40. The standard InChI is InChI=1S/C9H12N2O2/c10-5-7-6-11(7)9(12)13-8-3-1-2-4-8/h7-8H,1-4,6H2. The van der Waals surface area contributed by atoms with Crippen molar-refractivity contribution in [1.29, 1.82) is 5.26 Å². The normalized spacial score (nSPS) is 27.0. The highest BCUT2D eigenvalue weighted by atomic mass is 16.6. The molecule has 1 saturated heterocycles. The maximum absolute atomic E-state index is 11.3. The van der Waals surface area contributed by atoms with Gasteiger partial charge in [0.1, 0.15) is 12.1 Å². The molecule has 1 amide bonds. The number of carbonyl (C=O) groups excluding carboxylic acids is 1. The molecule has 4 nitrogen and oxygen atoms in total. The number of amides is 1. The minimum atomic E-state index is -0.307. The number of ether oxygens (including phenoxy) is 1. The number of nitriles is 1. The van der Waals surface area contributed by atoms with Crippen molar-refractivity contribution in [2.45, 2.75) is 37.8 Å². The average molecular weight is 180 g/mol. The van der Waals surface area contributed by atoms with Crippen molar-refractivity contribution in [1.82, 2.24) is 4.90 Å². The van der Waals surface area contributed by atoms with Crippen molar-refractivity contribution in [2.75, 3.05) is 6.54 Å². The lowest BCUT2D eigenvalue weighted by Crippen LogP contribution is -2.20. The van der Waals surface area contributed by atoms with Crippen LogP contribution >= 0.6 is 0 Å². The van der Waals surface area contributed by atoms with Crippen LogP contribution < -0.4 is 0 Å². The van der Waals surface area contributed by atoms with Gasteiger partial charge in [0, 0.05) is 0 Å². The second-order valence-corrected chi connectivity index (χ2v) is 3.59. The summed E-state index contributed by atoms with van der Waals surface area (Å²) in [6.45, 7) is 0.544. The Bertz CT molecular complexity index is 253. The quantitative estimate of drug-likeness (QED) is 0.571. The summed E-state index contributed by atoms with van der Waals surface area (Å²) in [7, 11) is 0. The van der Waals surface area contributed by atoms with E-state index in [9.17, 15) is 4.79 Å². The van der Waals surface area contributed by atoms with E-state index in [4.69, 9.17) is 10.00 Å². The molecule has 4 heteroatoms. The highest BCUT2D eigenvalue weighted by molar-refractivity contribution is 5.72. The van der Waals surface area contributed by atoms with E-state index >= 15 is 0 Å². The van der Waals surface area contributed by atoms with Gasteiger partial charge in [-0.05, 0) is 25.7 Å². The molecule has 1 atom stereocenters. The topological polar surface area (TPSA) is 53.1 Å². The van der Waals surface area contributed by atoms with Gasteiger partial charge in [0.25, 0.3) is 0 Å². The van der Waals surface area contributed by atoms with Crippen LogP contribution in [-0.4, -0.2) is 29.7 Å². The molecule has 1 aliphatic carbocycles. The van der Waals surface area contributed by atoms with Crippen LogP contribution in [0, 0.1) is 11.3 Å². The van der Waals surface area contributed by atoms with Crippen molar-refractivity contribution in [2.24, 2.45) is 0 Å². The van der Waals surface area contributed by atoms with Crippen molar-refractivity contribution < 1.29 is 9.53 Å². The zero-order chi connectivity index (χ0) is 9.26. The first kappa shape index (κ1) is 8.36. The fraction of sp³-hybridized carbons (Fsp3) is 0.778. The summed E-state index contributed by atoms with van der Waals surface area (Å²) >= 11 is 0. The van der Waals surface area contributed by atoms with Crippen LogP contribution in [-0.2, 0) is 4.74 Å². The van der Waals surface area contributed by atoms with E-state index in [2.05, 4.69) is 0 Å². The Kier molecular flexibility index (Phi) is 2.09. The molecule has 1 aliphatic heterocycles. The van der Waals surface area contributed by atoms with Gasteiger partial charge in [0.15, 0.2) is 0 Å². The number of rotatable bonds is 1.